The van der Waals surface area contributed by atoms with Crippen molar-refractivity contribution in [3.05, 3.63) is 29.8 Å². The summed E-state index contributed by atoms with van der Waals surface area (Å²) >= 11 is 0. The standard InChI is InChI=1S/C15H21NO5/c1-21-13-6-3-2-5-12(13)11-16(9-10-17)14(18)7-4-8-15(19)20/h2-3,5-6,17H,4,7-11H2,1H3,(H,19,20). The number of aliphatic carboxylic acids is 1. The highest BCUT2D eigenvalue weighted by atomic mass is 16.5. The summed E-state index contributed by atoms with van der Waals surface area (Å²) in [4.78, 5) is 24.1. The third-order valence-electron chi connectivity index (χ3n) is 3.06. The number of ether oxygens (including phenoxy) is 1. The second-order valence-electron chi connectivity index (χ2n) is 4.60. The van der Waals surface area contributed by atoms with Gasteiger partial charge >= 0.3 is 5.97 Å². The van der Waals surface area contributed by atoms with Crippen molar-refractivity contribution in [1.82, 2.24) is 4.90 Å². The van der Waals surface area contributed by atoms with Crippen LogP contribution in [0.1, 0.15) is 24.8 Å². The lowest BCUT2D eigenvalue weighted by Crippen LogP contribution is -2.33. The normalized spacial score (nSPS) is 10.2. The van der Waals surface area contributed by atoms with Crippen LogP contribution >= 0.6 is 0 Å². The van der Waals surface area contributed by atoms with E-state index in [1.807, 2.05) is 18.2 Å². The molecule has 0 radical (unpaired) electrons. The van der Waals surface area contributed by atoms with Crippen LogP contribution in [-0.2, 0) is 16.1 Å². The van der Waals surface area contributed by atoms with Gasteiger partial charge in [0.05, 0.1) is 13.7 Å². The van der Waals surface area contributed by atoms with Crippen LogP contribution in [0, 0.1) is 0 Å². The van der Waals surface area contributed by atoms with Gasteiger partial charge in [-0.25, -0.2) is 0 Å². The summed E-state index contributed by atoms with van der Waals surface area (Å²) in [5, 5.41) is 17.7. The average Bonchev–Trinajstić information content (AvgIpc) is 2.46. The van der Waals surface area contributed by atoms with Crippen molar-refractivity contribution in [1.29, 1.82) is 0 Å². The fourth-order valence-corrected chi connectivity index (χ4v) is 2.00. The van der Waals surface area contributed by atoms with Gasteiger partial charge < -0.3 is 19.8 Å². The number of amides is 1. The predicted molar refractivity (Wildman–Crippen MR) is 77.0 cm³/mol. The Labute approximate surface area is 124 Å². The van der Waals surface area contributed by atoms with Gasteiger partial charge in [0.25, 0.3) is 0 Å². The first-order chi connectivity index (χ1) is 10.1. The number of carboxylic acids is 1. The Morgan fingerprint density at radius 1 is 1.24 bits per heavy atom. The first-order valence-electron chi connectivity index (χ1n) is 6.80. The molecular weight excluding hydrogens is 274 g/mol. The van der Waals surface area contributed by atoms with Crippen molar-refractivity contribution in [2.75, 3.05) is 20.3 Å². The number of benzene rings is 1. The molecule has 0 heterocycles. The highest BCUT2D eigenvalue weighted by Crippen LogP contribution is 2.19. The van der Waals surface area contributed by atoms with E-state index in [9.17, 15) is 9.59 Å². The Kier molecular flexibility index (Phi) is 7.25. The fraction of sp³-hybridized carbons (Fsp3) is 0.467. The molecule has 0 spiro atoms. The third-order valence-corrected chi connectivity index (χ3v) is 3.06. The summed E-state index contributed by atoms with van der Waals surface area (Å²) in [5.41, 5.74) is 0.847. The minimum atomic E-state index is -0.916. The zero-order valence-corrected chi connectivity index (χ0v) is 12.1. The van der Waals surface area contributed by atoms with Crippen molar-refractivity contribution in [3.63, 3.8) is 0 Å². The molecule has 1 aromatic rings. The molecular formula is C15H21NO5. The van der Waals surface area contributed by atoms with Crippen LogP contribution in [0.15, 0.2) is 24.3 Å². The van der Waals surface area contributed by atoms with Gasteiger partial charge in [0.2, 0.25) is 5.91 Å². The van der Waals surface area contributed by atoms with Gasteiger partial charge in [-0.1, -0.05) is 18.2 Å². The quantitative estimate of drug-likeness (QED) is 0.716. The second-order valence-corrected chi connectivity index (χ2v) is 4.60. The molecule has 0 atom stereocenters. The maximum atomic E-state index is 12.1. The molecule has 1 rings (SSSR count). The minimum absolute atomic E-state index is 0.0344. The maximum absolute atomic E-state index is 12.1. The molecule has 0 unspecified atom stereocenters. The molecule has 0 aliphatic carbocycles. The van der Waals surface area contributed by atoms with E-state index in [0.717, 1.165) is 5.56 Å². The zero-order chi connectivity index (χ0) is 15.7. The molecule has 0 aliphatic rings. The van der Waals surface area contributed by atoms with Crippen LogP contribution < -0.4 is 4.74 Å². The number of aliphatic hydroxyl groups excluding tert-OH is 1. The molecule has 1 amide bonds. The van der Waals surface area contributed by atoms with Gasteiger partial charge in [0, 0.05) is 31.5 Å². The molecule has 116 valence electrons. The number of methoxy groups -OCH3 is 1. The smallest absolute Gasteiger partial charge is 0.303 e. The molecule has 6 heteroatoms. The summed E-state index contributed by atoms with van der Waals surface area (Å²) in [6.07, 6.45) is 0.414. The molecule has 0 bridgehead atoms. The van der Waals surface area contributed by atoms with Crippen molar-refractivity contribution in [2.24, 2.45) is 0 Å². The summed E-state index contributed by atoms with van der Waals surface area (Å²) in [5.74, 6) is -0.406. The number of hydrogen-bond acceptors (Lipinski definition) is 4. The van der Waals surface area contributed by atoms with E-state index in [-0.39, 0.29) is 31.9 Å². The average molecular weight is 295 g/mol. The summed E-state index contributed by atoms with van der Waals surface area (Å²) in [6, 6.07) is 7.35. The Morgan fingerprint density at radius 3 is 2.57 bits per heavy atom. The molecule has 0 fully saturated rings. The Morgan fingerprint density at radius 2 is 1.95 bits per heavy atom. The number of hydrogen-bond donors (Lipinski definition) is 2. The van der Waals surface area contributed by atoms with Crippen molar-refractivity contribution in [3.8, 4) is 5.75 Å². The van der Waals surface area contributed by atoms with E-state index >= 15 is 0 Å². The fourth-order valence-electron chi connectivity index (χ4n) is 2.00. The second kappa shape index (κ2) is 8.97. The molecule has 0 saturated carbocycles. The topological polar surface area (TPSA) is 87.1 Å². The highest BCUT2D eigenvalue weighted by Gasteiger charge is 2.15. The lowest BCUT2D eigenvalue weighted by atomic mass is 10.1. The van der Waals surface area contributed by atoms with E-state index < -0.39 is 5.97 Å². The Bertz CT molecular complexity index is 475. The van der Waals surface area contributed by atoms with Gasteiger partial charge in [0.1, 0.15) is 5.75 Å². The minimum Gasteiger partial charge on any atom is -0.496 e. The Balaban J connectivity index is 2.67. The number of carboxylic acid groups (broad SMARTS) is 1. The largest absolute Gasteiger partial charge is 0.496 e. The number of carbonyl (C=O) groups is 2. The van der Waals surface area contributed by atoms with Crippen LogP contribution in [0.2, 0.25) is 0 Å². The van der Waals surface area contributed by atoms with Crippen LogP contribution in [-0.4, -0.2) is 47.3 Å². The molecule has 2 N–H and O–H groups in total. The zero-order valence-electron chi connectivity index (χ0n) is 12.1. The van der Waals surface area contributed by atoms with E-state index in [1.165, 1.54) is 4.90 Å². The van der Waals surface area contributed by atoms with E-state index in [1.54, 1.807) is 13.2 Å². The number of rotatable bonds is 9. The molecule has 0 aromatic heterocycles. The van der Waals surface area contributed by atoms with Gasteiger partial charge in [-0.15, -0.1) is 0 Å². The van der Waals surface area contributed by atoms with Gasteiger partial charge in [-0.3, -0.25) is 9.59 Å². The monoisotopic (exact) mass is 295 g/mol. The van der Waals surface area contributed by atoms with Crippen LogP contribution in [0.4, 0.5) is 0 Å². The van der Waals surface area contributed by atoms with Crippen molar-refractivity contribution >= 4 is 11.9 Å². The third kappa shape index (κ3) is 5.83. The lowest BCUT2D eigenvalue weighted by molar-refractivity contribution is -0.137. The number of aliphatic hydroxyl groups is 1. The summed E-state index contributed by atoms with van der Waals surface area (Å²) in [7, 11) is 1.56. The number of nitrogens with zero attached hydrogens (tertiary/aromatic N) is 1. The van der Waals surface area contributed by atoms with E-state index in [0.29, 0.717) is 18.7 Å². The molecule has 21 heavy (non-hydrogen) atoms. The summed E-state index contributed by atoms with van der Waals surface area (Å²) < 4.78 is 5.24. The SMILES string of the molecule is COc1ccccc1CN(CCO)C(=O)CCCC(=O)O. The van der Waals surface area contributed by atoms with Crippen LogP contribution in [0.25, 0.3) is 0 Å². The Hall–Kier alpha value is -2.08. The highest BCUT2D eigenvalue weighted by molar-refractivity contribution is 5.77. The molecule has 0 saturated heterocycles. The first kappa shape index (κ1) is 17.0. The molecule has 6 nitrogen and oxygen atoms in total. The number of para-hydroxylation sites is 1. The van der Waals surface area contributed by atoms with Gasteiger partial charge in [0.15, 0.2) is 0 Å². The van der Waals surface area contributed by atoms with Crippen molar-refractivity contribution < 1.29 is 24.5 Å². The van der Waals surface area contributed by atoms with E-state index in [2.05, 4.69) is 0 Å². The number of carbonyl (C=O) groups excluding carboxylic acids is 1. The molecule has 0 aliphatic heterocycles. The summed E-state index contributed by atoms with van der Waals surface area (Å²) in [6.45, 7) is 0.403. The van der Waals surface area contributed by atoms with Crippen molar-refractivity contribution in [2.45, 2.75) is 25.8 Å². The predicted octanol–water partition coefficient (Wildman–Crippen LogP) is 1.27. The van der Waals surface area contributed by atoms with Gasteiger partial charge in [-0.2, -0.15) is 0 Å². The first-order valence-corrected chi connectivity index (χ1v) is 6.80. The lowest BCUT2D eigenvalue weighted by Gasteiger charge is -2.23. The van der Waals surface area contributed by atoms with Crippen LogP contribution in [0.5, 0.6) is 5.75 Å². The molecule has 1 aromatic carbocycles. The van der Waals surface area contributed by atoms with Crippen LogP contribution in [0.3, 0.4) is 0 Å². The van der Waals surface area contributed by atoms with E-state index in [4.69, 9.17) is 14.9 Å². The van der Waals surface area contributed by atoms with Gasteiger partial charge in [-0.05, 0) is 12.5 Å². The maximum Gasteiger partial charge on any atom is 0.303 e.